The van der Waals surface area contributed by atoms with Crippen LogP contribution in [0.5, 0.6) is 5.75 Å². The first-order valence-electron chi connectivity index (χ1n) is 8.08. The Kier molecular flexibility index (Phi) is 7.17. The molecular weight excluding hydrogens is 402 g/mol. The largest absolute Gasteiger partial charge is 0.508 e. The van der Waals surface area contributed by atoms with Gasteiger partial charge >= 0.3 is 6.09 Å². The van der Waals surface area contributed by atoms with E-state index in [-0.39, 0.29) is 18.3 Å². The number of alkyl carbamates (subject to hydrolysis) is 1. The summed E-state index contributed by atoms with van der Waals surface area (Å²) < 4.78 is 6.12. The Hall–Kier alpha value is -2.38. The number of phenols is 1. The summed E-state index contributed by atoms with van der Waals surface area (Å²) in [5, 5.41) is 21.5. The lowest BCUT2D eigenvalue weighted by Crippen LogP contribution is -2.33. The molecule has 0 aliphatic heterocycles. The number of aromatic hydroxyl groups is 1. The summed E-state index contributed by atoms with van der Waals surface area (Å²) in [5.74, 6) is -0.898. The van der Waals surface area contributed by atoms with E-state index in [4.69, 9.17) is 4.74 Å². The summed E-state index contributed by atoms with van der Waals surface area (Å²) in [6.07, 6.45) is -1.40. The molecule has 0 aromatic heterocycles. The van der Waals surface area contributed by atoms with Crippen molar-refractivity contribution in [3.63, 3.8) is 0 Å². The van der Waals surface area contributed by atoms with E-state index in [1.165, 1.54) is 6.07 Å². The van der Waals surface area contributed by atoms with E-state index in [2.05, 4.69) is 21.2 Å². The Bertz CT molecular complexity index is 766. The van der Waals surface area contributed by atoms with E-state index in [0.29, 0.717) is 22.0 Å². The molecule has 6 nitrogen and oxygen atoms in total. The molecule has 3 N–H and O–H groups in total. The minimum atomic E-state index is -0.923. The first-order chi connectivity index (χ1) is 12.4. The van der Waals surface area contributed by atoms with Crippen molar-refractivity contribution in [2.24, 2.45) is 5.92 Å². The molecule has 2 rings (SSSR count). The number of aliphatic hydroxyl groups is 1. The minimum Gasteiger partial charge on any atom is -0.508 e. The molecule has 26 heavy (non-hydrogen) atoms. The fourth-order valence-electron chi connectivity index (χ4n) is 2.49. The van der Waals surface area contributed by atoms with Crippen LogP contribution in [0.1, 0.15) is 35.4 Å². The molecule has 2 aromatic rings. The Balaban J connectivity index is 2.17. The molecule has 0 aliphatic rings. The number of imide groups is 1. The van der Waals surface area contributed by atoms with Crippen LogP contribution in [0.15, 0.2) is 53.0 Å². The Morgan fingerprint density at radius 2 is 1.88 bits per heavy atom. The highest BCUT2D eigenvalue weighted by molar-refractivity contribution is 9.10. The Morgan fingerprint density at radius 3 is 2.54 bits per heavy atom. The fourth-order valence-corrected chi connectivity index (χ4v) is 2.87. The van der Waals surface area contributed by atoms with Crippen molar-refractivity contribution in [2.75, 3.05) is 6.61 Å². The quantitative estimate of drug-likeness (QED) is 0.659. The monoisotopic (exact) mass is 421 g/mol. The topological polar surface area (TPSA) is 95.9 Å². The van der Waals surface area contributed by atoms with Gasteiger partial charge in [0.05, 0.1) is 0 Å². The number of carbonyl (C=O) groups is 2. The van der Waals surface area contributed by atoms with Gasteiger partial charge in [0.2, 0.25) is 0 Å². The van der Waals surface area contributed by atoms with Gasteiger partial charge in [-0.1, -0.05) is 41.1 Å². The van der Waals surface area contributed by atoms with Gasteiger partial charge in [-0.2, -0.15) is 0 Å². The molecule has 0 bridgehead atoms. The lowest BCUT2D eigenvalue weighted by atomic mass is 9.94. The minimum absolute atomic E-state index is 0.0369. The third kappa shape index (κ3) is 5.31. The van der Waals surface area contributed by atoms with Gasteiger partial charge in [0.15, 0.2) is 0 Å². The molecule has 2 atom stereocenters. The standard InChI is InChI=1S/C19H20BrNO5/c1-12(9-10-22)17(15-11-14(20)7-8-16(15)23)26-19(25)21-18(24)13-5-3-2-4-6-13/h2-8,11-12,17,22-23H,9-10H2,1H3,(H,21,24,25)/t12-,17+/m0/s1. The van der Waals surface area contributed by atoms with Gasteiger partial charge in [-0.05, 0) is 42.7 Å². The molecule has 0 radical (unpaired) electrons. The van der Waals surface area contributed by atoms with Gasteiger partial charge in [-0.25, -0.2) is 4.79 Å². The predicted molar refractivity (Wildman–Crippen MR) is 99.8 cm³/mol. The number of ether oxygens (including phenoxy) is 1. The third-order valence-corrected chi connectivity index (χ3v) is 4.38. The summed E-state index contributed by atoms with van der Waals surface area (Å²) in [5.41, 5.74) is 0.720. The molecule has 0 unspecified atom stereocenters. The third-order valence-electron chi connectivity index (χ3n) is 3.88. The highest BCUT2D eigenvalue weighted by atomic mass is 79.9. The maximum Gasteiger partial charge on any atom is 0.414 e. The van der Waals surface area contributed by atoms with Crippen LogP contribution in [-0.4, -0.2) is 28.8 Å². The predicted octanol–water partition coefficient (Wildman–Crippen LogP) is 3.78. The van der Waals surface area contributed by atoms with Crippen molar-refractivity contribution in [2.45, 2.75) is 19.4 Å². The van der Waals surface area contributed by atoms with Crippen LogP contribution in [0.4, 0.5) is 4.79 Å². The second-order valence-electron chi connectivity index (χ2n) is 5.84. The van der Waals surface area contributed by atoms with E-state index >= 15 is 0 Å². The van der Waals surface area contributed by atoms with Crippen LogP contribution in [0, 0.1) is 5.92 Å². The molecule has 138 valence electrons. The summed E-state index contributed by atoms with van der Waals surface area (Å²) in [6.45, 7) is 1.69. The molecule has 7 heteroatoms. The number of phenolic OH excluding ortho intramolecular Hbond substituents is 1. The van der Waals surface area contributed by atoms with E-state index in [9.17, 15) is 19.8 Å². The summed E-state index contributed by atoms with van der Waals surface area (Å²) >= 11 is 3.32. The van der Waals surface area contributed by atoms with E-state index in [0.717, 1.165) is 0 Å². The van der Waals surface area contributed by atoms with Crippen LogP contribution in [0.2, 0.25) is 0 Å². The zero-order chi connectivity index (χ0) is 19.1. The first kappa shape index (κ1) is 19.9. The van der Waals surface area contributed by atoms with Gasteiger partial charge in [0.25, 0.3) is 5.91 Å². The number of nitrogens with one attached hydrogen (secondary N) is 1. The number of hydrogen-bond donors (Lipinski definition) is 3. The van der Waals surface area contributed by atoms with E-state index < -0.39 is 18.1 Å². The molecule has 0 heterocycles. The smallest absolute Gasteiger partial charge is 0.414 e. The molecule has 0 fully saturated rings. The zero-order valence-electron chi connectivity index (χ0n) is 14.2. The summed E-state index contributed by atoms with van der Waals surface area (Å²) in [7, 11) is 0. The lowest BCUT2D eigenvalue weighted by Gasteiger charge is -2.25. The van der Waals surface area contributed by atoms with Crippen LogP contribution < -0.4 is 5.32 Å². The summed E-state index contributed by atoms with van der Waals surface area (Å²) in [4.78, 5) is 24.3. The van der Waals surface area contributed by atoms with Crippen LogP contribution in [-0.2, 0) is 4.74 Å². The maximum absolute atomic E-state index is 12.2. The summed E-state index contributed by atoms with van der Waals surface area (Å²) in [6, 6.07) is 13.1. The second-order valence-corrected chi connectivity index (χ2v) is 6.75. The zero-order valence-corrected chi connectivity index (χ0v) is 15.8. The lowest BCUT2D eigenvalue weighted by molar-refractivity contribution is 0.0533. The maximum atomic E-state index is 12.2. The molecular formula is C19H20BrNO5. The SMILES string of the molecule is C[C@@H](CCO)[C@@H](OC(=O)NC(=O)c1ccccc1)c1cc(Br)ccc1O. The van der Waals surface area contributed by atoms with E-state index in [1.54, 1.807) is 49.4 Å². The Labute approximate surface area is 159 Å². The van der Waals surface area contributed by atoms with Gasteiger partial charge < -0.3 is 14.9 Å². The van der Waals surface area contributed by atoms with Gasteiger partial charge in [0, 0.05) is 22.2 Å². The number of aliphatic hydroxyl groups excluding tert-OH is 1. The van der Waals surface area contributed by atoms with Crippen molar-refractivity contribution in [1.82, 2.24) is 5.32 Å². The van der Waals surface area contributed by atoms with Crippen molar-refractivity contribution >= 4 is 27.9 Å². The highest BCUT2D eigenvalue weighted by Crippen LogP contribution is 2.35. The van der Waals surface area contributed by atoms with Crippen molar-refractivity contribution in [3.05, 3.63) is 64.1 Å². The number of carbonyl (C=O) groups excluding carboxylic acids is 2. The molecule has 2 aromatic carbocycles. The van der Waals surface area contributed by atoms with E-state index in [1.807, 2.05) is 0 Å². The van der Waals surface area contributed by atoms with Crippen molar-refractivity contribution in [1.29, 1.82) is 0 Å². The molecule has 0 saturated carbocycles. The normalized spacial score (nSPS) is 12.9. The second kappa shape index (κ2) is 9.35. The number of halogens is 1. The molecule has 0 saturated heterocycles. The first-order valence-corrected chi connectivity index (χ1v) is 8.88. The van der Waals surface area contributed by atoms with Crippen LogP contribution >= 0.6 is 15.9 Å². The molecule has 0 aliphatic carbocycles. The highest BCUT2D eigenvalue weighted by Gasteiger charge is 2.27. The number of amides is 2. The molecule has 2 amide bonds. The fraction of sp³-hybridized carbons (Fsp3) is 0.263. The average molecular weight is 422 g/mol. The van der Waals surface area contributed by atoms with Crippen molar-refractivity contribution in [3.8, 4) is 5.75 Å². The number of rotatable bonds is 6. The van der Waals surface area contributed by atoms with Gasteiger partial charge in [0.1, 0.15) is 11.9 Å². The van der Waals surface area contributed by atoms with Crippen molar-refractivity contribution < 1.29 is 24.5 Å². The van der Waals surface area contributed by atoms with Gasteiger partial charge in [-0.15, -0.1) is 0 Å². The van der Waals surface area contributed by atoms with Gasteiger partial charge in [-0.3, -0.25) is 10.1 Å². The number of benzene rings is 2. The van der Waals surface area contributed by atoms with Crippen LogP contribution in [0.3, 0.4) is 0 Å². The number of hydrogen-bond acceptors (Lipinski definition) is 5. The Morgan fingerprint density at radius 1 is 1.19 bits per heavy atom. The molecule has 0 spiro atoms. The average Bonchev–Trinajstić information content (AvgIpc) is 2.62. The van der Waals surface area contributed by atoms with Crippen LogP contribution in [0.25, 0.3) is 0 Å².